The van der Waals surface area contributed by atoms with Crippen molar-refractivity contribution in [1.29, 1.82) is 0 Å². The van der Waals surface area contributed by atoms with Crippen LogP contribution in [-0.2, 0) is 4.74 Å². The first-order valence-corrected chi connectivity index (χ1v) is 8.68. The van der Waals surface area contributed by atoms with Gasteiger partial charge in [-0.25, -0.2) is 0 Å². The Balaban J connectivity index is 1.60. The van der Waals surface area contributed by atoms with Crippen molar-refractivity contribution in [2.75, 3.05) is 38.0 Å². The smallest absolute Gasteiger partial charge is 0.231 e. The molecule has 1 N–H and O–H groups in total. The van der Waals surface area contributed by atoms with Crippen LogP contribution in [0.5, 0.6) is 11.5 Å². The van der Waals surface area contributed by atoms with E-state index >= 15 is 0 Å². The number of aromatic amines is 1. The molecule has 0 saturated carbocycles. The van der Waals surface area contributed by atoms with Gasteiger partial charge in [-0.15, -0.1) is 0 Å². The zero-order valence-electron chi connectivity index (χ0n) is 14.2. The standard InChI is InChI=1S/C20H18N2O4/c23-18-11-17(14-2-1-3-19-20(14)26-12-25-19)21-16-5-4-13(10-15(16)18)22-6-8-24-9-7-22/h1-5,10-11H,6-9,12H2,(H,21,23). The minimum Gasteiger partial charge on any atom is -0.454 e. The maximum atomic E-state index is 12.8. The molecule has 26 heavy (non-hydrogen) atoms. The van der Waals surface area contributed by atoms with Crippen LogP contribution >= 0.6 is 0 Å². The van der Waals surface area contributed by atoms with Crippen LogP contribution in [0.4, 0.5) is 5.69 Å². The average Bonchev–Trinajstić information content (AvgIpc) is 3.17. The molecule has 1 aromatic heterocycles. The quantitative estimate of drug-likeness (QED) is 0.770. The van der Waals surface area contributed by atoms with Crippen molar-refractivity contribution in [3.8, 4) is 22.8 Å². The molecule has 2 aliphatic heterocycles. The Morgan fingerprint density at radius 2 is 1.88 bits per heavy atom. The van der Waals surface area contributed by atoms with Crippen molar-refractivity contribution < 1.29 is 14.2 Å². The Morgan fingerprint density at radius 3 is 2.77 bits per heavy atom. The SMILES string of the molecule is O=c1cc(-c2cccc3c2OCO3)[nH]c2ccc(N3CCOCC3)cc12. The third-order valence-electron chi connectivity index (χ3n) is 4.88. The molecule has 0 aliphatic carbocycles. The summed E-state index contributed by atoms with van der Waals surface area (Å²) in [6, 6.07) is 13.3. The number of nitrogens with zero attached hydrogens (tertiary/aromatic N) is 1. The molecule has 0 spiro atoms. The number of benzene rings is 2. The fourth-order valence-corrected chi connectivity index (χ4v) is 3.54. The summed E-state index contributed by atoms with van der Waals surface area (Å²) in [5, 5.41) is 0.683. The highest BCUT2D eigenvalue weighted by Crippen LogP contribution is 2.40. The number of anilines is 1. The molecule has 5 rings (SSSR count). The summed E-state index contributed by atoms with van der Waals surface area (Å²) in [4.78, 5) is 18.4. The Hall–Kier alpha value is -2.99. The second-order valence-electron chi connectivity index (χ2n) is 6.42. The normalized spacial score (nSPS) is 16.2. The van der Waals surface area contributed by atoms with Gasteiger partial charge in [0.05, 0.1) is 18.9 Å². The van der Waals surface area contributed by atoms with Crippen LogP contribution in [0.1, 0.15) is 0 Å². The average molecular weight is 350 g/mol. The maximum absolute atomic E-state index is 12.8. The number of fused-ring (bicyclic) bond motifs is 2. The van der Waals surface area contributed by atoms with E-state index in [0.717, 1.165) is 35.6 Å². The van der Waals surface area contributed by atoms with Gasteiger partial charge in [0.1, 0.15) is 0 Å². The number of hydrogen-bond donors (Lipinski definition) is 1. The van der Waals surface area contributed by atoms with Crippen molar-refractivity contribution in [2.24, 2.45) is 0 Å². The van der Waals surface area contributed by atoms with Gasteiger partial charge in [-0.3, -0.25) is 4.79 Å². The van der Waals surface area contributed by atoms with Crippen LogP contribution in [0.2, 0.25) is 0 Å². The summed E-state index contributed by atoms with van der Waals surface area (Å²) < 4.78 is 16.4. The van der Waals surface area contributed by atoms with E-state index in [4.69, 9.17) is 14.2 Å². The number of aromatic nitrogens is 1. The fraction of sp³-hybridized carbons (Fsp3) is 0.250. The van der Waals surface area contributed by atoms with Crippen LogP contribution in [0.3, 0.4) is 0 Å². The van der Waals surface area contributed by atoms with Gasteiger partial charge in [0.15, 0.2) is 16.9 Å². The number of H-pyrrole nitrogens is 1. The van der Waals surface area contributed by atoms with Crippen LogP contribution in [0, 0.1) is 0 Å². The molecule has 0 atom stereocenters. The van der Waals surface area contributed by atoms with Crippen LogP contribution < -0.4 is 19.8 Å². The minimum absolute atomic E-state index is 0.0135. The topological polar surface area (TPSA) is 63.8 Å². The van der Waals surface area contributed by atoms with E-state index < -0.39 is 0 Å². The summed E-state index contributed by atoms with van der Waals surface area (Å²) in [5.74, 6) is 1.37. The van der Waals surface area contributed by atoms with Gasteiger partial charge in [-0.05, 0) is 30.3 Å². The summed E-state index contributed by atoms with van der Waals surface area (Å²) in [6.45, 7) is 3.32. The van der Waals surface area contributed by atoms with E-state index in [-0.39, 0.29) is 12.2 Å². The molecule has 3 aromatic rings. The lowest BCUT2D eigenvalue weighted by atomic mass is 10.1. The van der Waals surface area contributed by atoms with Crippen LogP contribution in [0.15, 0.2) is 47.3 Å². The molecule has 0 radical (unpaired) electrons. The number of para-hydroxylation sites is 1. The van der Waals surface area contributed by atoms with Crippen molar-refractivity contribution in [3.63, 3.8) is 0 Å². The van der Waals surface area contributed by atoms with Gasteiger partial charge in [0.2, 0.25) is 6.79 Å². The lowest BCUT2D eigenvalue weighted by Gasteiger charge is -2.29. The summed E-state index contributed by atoms with van der Waals surface area (Å²) in [7, 11) is 0. The van der Waals surface area contributed by atoms with E-state index in [1.807, 2.05) is 36.4 Å². The van der Waals surface area contributed by atoms with Gasteiger partial charge in [-0.2, -0.15) is 0 Å². The van der Waals surface area contributed by atoms with Crippen molar-refractivity contribution in [3.05, 3.63) is 52.7 Å². The zero-order valence-corrected chi connectivity index (χ0v) is 14.2. The first-order valence-electron chi connectivity index (χ1n) is 8.68. The molecule has 6 nitrogen and oxygen atoms in total. The number of morpholine rings is 1. The molecule has 0 bridgehead atoms. The van der Waals surface area contributed by atoms with Crippen molar-refractivity contribution in [2.45, 2.75) is 0 Å². The predicted molar refractivity (Wildman–Crippen MR) is 99.2 cm³/mol. The Labute approximate surface area is 149 Å². The first kappa shape index (κ1) is 15.3. The largest absolute Gasteiger partial charge is 0.454 e. The number of hydrogen-bond acceptors (Lipinski definition) is 5. The predicted octanol–water partition coefficient (Wildman–Crippen LogP) is 2.76. The molecule has 132 valence electrons. The third kappa shape index (κ3) is 2.50. The van der Waals surface area contributed by atoms with Crippen LogP contribution in [0.25, 0.3) is 22.2 Å². The summed E-state index contributed by atoms with van der Waals surface area (Å²) in [6.07, 6.45) is 0. The molecular weight excluding hydrogens is 332 g/mol. The highest BCUT2D eigenvalue weighted by Gasteiger charge is 2.19. The highest BCUT2D eigenvalue weighted by molar-refractivity contribution is 5.86. The number of rotatable bonds is 2. The zero-order chi connectivity index (χ0) is 17.5. The fourth-order valence-electron chi connectivity index (χ4n) is 3.54. The molecule has 6 heteroatoms. The maximum Gasteiger partial charge on any atom is 0.231 e. The molecule has 1 saturated heterocycles. The van der Waals surface area contributed by atoms with Gasteiger partial charge < -0.3 is 24.1 Å². The van der Waals surface area contributed by atoms with E-state index in [1.165, 1.54) is 0 Å². The monoisotopic (exact) mass is 350 g/mol. The van der Waals surface area contributed by atoms with Crippen molar-refractivity contribution in [1.82, 2.24) is 4.98 Å². The van der Waals surface area contributed by atoms with E-state index in [2.05, 4.69) is 9.88 Å². The molecule has 0 unspecified atom stereocenters. The second-order valence-corrected chi connectivity index (χ2v) is 6.42. The Morgan fingerprint density at radius 1 is 1.00 bits per heavy atom. The molecule has 2 aromatic carbocycles. The van der Waals surface area contributed by atoms with Gasteiger partial charge in [0, 0.05) is 41.3 Å². The minimum atomic E-state index is -0.0135. The Kier molecular flexibility index (Phi) is 3.57. The molecular formula is C20H18N2O4. The summed E-state index contributed by atoms with van der Waals surface area (Å²) >= 11 is 0. The van der Waals surface area contributed by atoms with Gasteiger partial charge in [-0.1, -0.05) is 6.07 Å². The highest BCUT2D eigenvalue weighted by atomic mass is 16.7. The Bertz CT molecular complexity index is 1040. The lowest BCUT2D eigenvalue weighted by molar-refractivity contribution is 0.122. The van der Waals surface area contributed by atoms with E-state index in [9.17, 15) is 4.79 Å². The van der Waals surface area contributed by atoms with Gasteiger partial charge in [0.25, 0.3) is 0 Å². The van der Waals surface area contributed by atoms with E-state index in [0.29, 0.717) is 30.1 Å². The van der Waals surface area contributed by atoms with Crippen LogP contribution in [-0.4, -0.2) is 38.1 Å². The number of pyridine rings is 1. The molecule has 2 aliphatic rings. The number of ether oxygens (including phenoxy) is 3. The van der Waals surface area contributed by atoms with Gasteiger partial charge >= 0.3 is 0 Å². The van der Waals surface area contributed by atoms with E-state index in [1.54, 1.807) is 6.07 Å². The number of nitrogens with one attached hydrogen (secondary N) is 1. The third-order valence-corrected chi connectivity index (χ3v) is 4.88. The first-order chi connectivity index (χ1) is 12.8. The lowest BCUT2D eigenvalue weighted by Crippen LogP contribution is -2.36. The second kappa shape index (κ2) is 6.07. The molecule has 1 fully saturated rings. The molecule has 3 heterocycles. The molecule has 0 amide bonds. The van der Waals surface area contributed by atoms with Crippen molar-refractivity contribution >= 4 is 16.6 Å². The summed E-state index contributed by atoms with van der Waals surface area (Å²) in [5.41, 5.74) is 3.40.